The van der Waals surface area contributed by atoms with Crippen LogP contribution in [0.15, 0.2) is 29.4 Å². The average Bonchev–Trinajstić information content (AvgIpc) is 2.92. The lowest BCUT2D eigenvalue weighted by Gasteiger charge is -2.05. The lowest BCUT2D eigenvalue weighted by Crippen LogP contribution is -2.05. The van der Waals surface area contributed by atoms with Crippen molar-refractivity contribution in [2.75, 3.05) is 5.75 Å². The summed E-state index contributed by atoms with van der Waals surface area (Å²) < 4.78 is 2.16. The number of fused-ring (bicyclic) bond motifs is 5. The molecular weight excluding hydrogens is 220 g/mol. The normalized spacial score (nSPS) is 14.8. The van der Waals surface area contributed by atoms with Crippen LogP contribution in [-0.4, -0.2) is 25.5 Å². The lowest BCUT2D eigenvalue weighted by atomic mass is 10.2. The van der Waals surface area contributed by atoms with Crippen molar-refractivity contribution >= 4 is 22.7 Å². The SMILES string of the molecule is c1ccc2c3nnc4n(c-3nc2c1)CCS4. The zero-order chi connectivity index (χ0) is 10.5. The largest absolute Gasteiger partial charge is 0.301 e. The molecule has 0 spiro atoms. The molecule has 4 nitrogen and oxygen atoms in total. The second kappa shape index (κ2) is 2.95. The fraction of sp³-hybridized carbons (Fsp3) is 0.182. The van der Waals surface area contributed by atoms with Gasteiger partial charge in [0.05, 0.1) is 5.52 Å². The Bertz CT molecular complexity index is 660. The topological polar surface area (TPSA) is 43.6 Å². The number of benzene rings is 1. The van der Waals surface area contributed by atoms with E-state index in [9.17, 15) is 0 Å². The molecule has 0 aliphatic carbocycles. The van der Waals surface area contributed by atoms with Crippen molar-refractivity contribution in [3.8, 4) is 11.5 Å². The Labute approximate surface area is 96.0 Å². The Hall–Kier alpha value is -1.62. The van der Waals surface area contributed by atoms with Crippen molar-refractivity contribution in [1.82, 2.24) is 19.7 Å². The van der Waals surface area contributed by atoms with Crippen LogP contribution in [0.3, 0.4) is 0 Å². The third kappa shape index (κ3) is 0.983. The van der Waals surface area contributed by atoms with E-state index in [4.69, 9.17) is 0 Å². The molecule has 5 heteroatoms. The van der Waals surface area contributed by atoms with Crippen molar-refractivity contribution in [2.45, 2.75) is 11.7 Å². The van der Waals surface area contributed by atoms with Gasteiger partial charge in [-0.15, -0.1) is 10.2 Å². The predicted molar refractivity (Wildman–Crippen MR) is 62.7 cm³/mol. The quantitative estimate of drug-likeness (QED) is 0.590. The van der Waals surface area contributed by atoms with Crippen LogP contribution in [0, 0.1) is 0 Å². The number of aromatic nitrogens is 4. The molecule has 3 aliphatic heterocycles. The summed E-state index contributed by atoms with van der Waals surface area (Å²) in [4.78, 5) is 4.63. The fourth-order valence-corrected chi connectivity index (χ4v) is 3.01. The molecular formula is C11H8N4S. The van der Waals surface area contributed by atoms with Crippen molar-refractivity contribution in [3.05, 3.63) is 24.3 Å². The summed E-state index contributed by atoms with van der Waals surface area (Å²) in [6, 6.07) is 8.08. The highest BCUT2D eigenvalue weighted by molar-refractivity contribution is 7.99. The Morgan fingerprint density at radius 3 is 3.12 bits per heavy atom. The first kappa shape index (κ1) is 8.52. The Kier molecular flexibility index (Phi) is 1.57. The second-order valence-electron chi connectivity index (χ2n) is 3.78. The van der Waals surface area contributed by atoms with Crippen LogP contribution in [0.25, 0.3) is 22.4 Å². The molecule has 0 atom stereocenters. The molecule has 0 unspecified atom stereocenters. The molecule has 1 aromatic carbocycles. The molecule has 0 N–H and O–H groups in total. The minimum atomic E-state index is 0.918. The van der Waals surface area contributed by atoms with Crippen LogP contribution in [0.1, 0.15) is 0 Å². The van der Waals surface area contributed by atoms with Gasteiger partial charge in [0.2, 0.25) is 0 Å². The zero-order valence-corrected chi connectivity index (χ0v) is 9.24. The molecule has 0 saturated heterocycles. The maximum absolute atomic E-state index is 4.63. The summed E-state index contributed by atoms with van der Waals surface area (Å²) in [7, 11) is 0. The number of hydrogen-bond acceptors (Lipinski definition) is 4. The zero-order valence-electron chi connectivity index (χ0n) is 8.42. The van der Waals surface area contributed by atoms with Gasteiger partial charge in [-0.3, -0.25) is 0 Å². The molecule has 0 radical (unpaired) electrons. The summed E-state index contributed by atoms with van der Waals surface area (Å²) in [6.07, 6.45) is 0. The van der Waals surface area contributed by atoms with E-state index in [1.807, 2.05) is 24.3 Å². The van der Waals surface area contributed by atoms with E-state index in [-0.39, 0.29) is 0 Å². The highest BCUT2D eigenvalue weighted by Crippen LogP contribution is 2.33. The van der Waals surface area contributed by atoms with Gasteiger partial charge >= 0.3 is 0 Å². The maximum atomic E-state index is 4.63. The Balaban J connectivity index is 2.18. The van der Waals surface area contributed by atoms with E-state index in [0.717, 1.165) is 39.9 Å². The van der Waals surface area contributed by atoms with Gasteiger partial charge < -0.3 is 4.57 Å². The second-order valence-corrected chi connectivity index (χ2v) is 4.85. The first-order chi connectivity index (χ1) is 7.93. The van der Waals surface area contributed by atoms with E-state index in [1.165, 1.54) is 0 Å². The van der Waals surface area contributed by atoms with Crippen molar-refractivity contribution < 1.29 is 0 Å². The monoisotopic (exact) mass is 228 g/mol. The summed E-state index contributed by atoms with van der Waals surface area (Å²) in [5.41, 5.74) is 1.92. The third-order valence-electron chi connectivity index (χ3n) is 2.87. The van der Waals surface area contributed by atoms with Gasteiger partial charge in [-0.1, -0.05) is 30.0 Å². The average molecular weight is 228 g/mol. The first-order valence-corrected chi connectivity index (χ1v) is 6.16. The number of rotatable bonds is 0. The molecule has 0 bridgehead atoms. The standard InChI is InChI=1S/C11H8N4S/c1-2-4-8-7(3-1)9-10(12-8)15-5-6-16-11(15)14-13-9/h1-4H,5-6H2. The molecule has 0 saturated carbocycles. The van der Waals surface area contributed by atoms with Crippen LogP contribution in [0.4, 0.5) is 0 Å². The van der Waals surface area contributed by atoms with Crippen LogP contribution < -0.4 is 0 Å². The molecule has 4 rings (SSSR count). The molecule has 16 heavy (non-hydrogen) atoms. The van der Waals surface area contributed by atoms with E-state index in [1.54, 1.807) is 11.8 Å². The Morgan fingerprint density at radius 2 is 2.12 bits per heavy atom. The number of hydrogen-bond donors (Lipinski definition) is 0. The number of para-hydroxylation sites is 1. The van der Waals surface area contributed by atoms with Crippen LogP contribution in [-0.2, 0) is 6.54 Å². The Morgan fingerprint density at radius 1 is 1.19 bits per heavy atom. The maximum Gasteiger partial charge on any atom is 0.191 e. The highest BCUT2D eigenvalue weighted by Gasteiger charge is 2.23. The van der Waals surface area contributed by atoms with Gasteiger partial charge in [-0.2, -0.15) is 0 Å². The van der Waals surface area contributed by atoms with Crippen LogP contribution in [0.2, 0.25) is 0 Å². The number of nitrogens with zero attached hydrogens (tertiary/aromatic N) is 4. The van der Waals surface area contributed by atoms with Gasteiger partial charge in [0.1, 0.15) is 5.69 Å². The third-order valence-corrected chi connectivity index (χ3v) is 3.81. The molecule has 1 aromatic rings. The van der Waals surface area contributed by atoms with Gasteiger partial charge in [0.15, 0.2) is 11.0 Å². The summed E-state index contributed by atoms with van der Waals surface area (Å²) in [5.74, 6) is 2.04. The van der Waals surface area contributed by atoms with E-state index in [2.05, 4.69) is 19.7 Å². The molecule has 0 amide bonds. The fourth-order valence-electron chi connectivity index (χ4n) is 2.12. The van der Waals surface area contributed by atoms with Crippen LogP contribution in [0.5, 0.6) is 0 Å². The minimum absolute atomic E-state index is 0.918. The van der Waals surface area contributed by atoms with Crippen LogP contribution >= 0.6 is 11.8 Å². The van der Waals surface area contributed by atoms with Crippen molar-refractivity contribution in [3.63, 3.8) is 0 Å². The smallest absolute Gasteiger partial charge is 0.191 e. The molecule has 0 aromatic heterocycles. The van der Waals surface area contributed by atoms with Crippen molar-refractivity contribution in [2.24, 2.45) is 0 Å². The lowest BCUT2D eigenvalue weighted by molar-refractivity contribution is 0.648. The molecule has 0 fully saturated rings. The van der Waals surface area contributed by atoms with E-state index < -0.39 is 0 Å². The van der Waals surface area contributed by atoms with E-state index in [0.29, 0.717) is 0 Å². The van der Waals surface area contributed by atoms with E-state index >= 15 is 0 Å². The minimum Gasteiger partial charge on any atom is -0.301 e. The molecule has 3 aliphatic rings. The molecule has 3 heterocycles. The summed E-state index contributed by atoms with van der Waals surface area (Å²) in [6.45, 7) is 0.981. The van der Waals surface area contributed by atoms with Gasteiger partial charge in [-0.25, -0.2) is 4.98 Å². The van der Waals surface area contributed by atoms with Crippen molar-refractivity contribution in [1.29, 1.82) is 0 Å². The summed E-state index contributed by atoms with van der Waals surface area (Å²) in [5, 5.41) is 10.6. The predicted octanol–water partition coefficient (Wildman–Crippen LogP) is 2.04. The first-order valence-electron chi connectivity index (χ1n) is 5.18. The number of thioether (sulfide) groups is 1. The van der Waals surface area contributed by atoms with Gasteiger partial charge in [0.25, 0.3) is 0 Å². The molecule has 78 valence electrons. The summed E-state index contributed by atoms with van der Waals surface area (Å²) >= 11 is 1.74. The highest BCUT2D eigenvalue weighted by atomic mass is 32.2. The van der Waals surface area contributed by atoms with Gasteiger partial charge in [-0.05, 0) is 6.07 Å². The van der Waals surface area contributed by atoms with Gasteiger partial charge in [0, 0.05) is 17.7 Å².